The molecular weight excluding hydrogens is 329 g/mol. The van der Waals surface area contributed by atoms with Gasteiger partial charge < -0.3 is 9.05 Å². The Morgan fingerprint density at radius 1 is 1.32 bits per heavy atom. The number of hydrogen-bond acceptors (Lipinski definition) is 4. The topological polar surface area (TPSA) is 59.3 Å². The summed E-state index contributed by atoms with van der Waals surface area (Å²) in [5.41, 5.74) is 0.763. The molecule has 0 aliphatic rings. The van der Waals surface area contributed by atoms with E-state index in [4.69, 9.17) is 9.05 Å². The van der Waals surface area contributed by atoms with Crippen molar-refractivity contribution in [2.24, 2.45) is 0 Å². The first kappa shape index (κ1) is 16.1. The molecule has 19 heavy (non-hydrogen) atoms. The van der Waals surface area contributed by atoms with Crippen LogP contribution in [0.5, 0.6) is 0 Å². The predicted molar refractivity (Wildman–Crippen MR) is 78.6 cm³/mol. The van der Waals surface area contributed by atoms with E-state index in [-0.39, 0.29) is 18.5 Å². The summed E-state index contributed by atoms with van der Waals surface area (Å²) < 4.78 is 23.7. The standard InChI is InChI=1S/C13H15BrNO3P/c1-3-17-19(16,18-4-2)13(10-15)9-11-5-7-12(14)8-6-11/h5-9H,3-4H2,1-2H3/b13-9+. The van der Waals surface area contributed by atoms with E-state index in [1.165, 1.54) is 6.08 Å². The molecule has 0 saturated heterocycles. The second kappa shape index (κ2) is 7.62. The van der Waals surface area contributed by atoms with Crippen LogP contribution in [0.25, 0.3) is 6.08 Å². The highest BCUT2D eigenvalue weighted by Gasteiger charge is 2.29. The minimum atomic E-state index is -3.52. The largest absolute Gasteiger partial charge is 0.371 e. The van der Waals surface area contributed by atoms with Gasteiger partial charge in [0, 0.05) is 4.47 Å². The van der Waals surface area contributed by atoms with Crippen molar-refractivity contribution in [2.45, 2.75) is 13.8 Å². The molecule has 0 N–H and O–H groups in total. The zero-order valence-corrected chi connectivity index (χ0v) is 13.3. The molecule has 0 spiro atoms. The maximum absolute atomic E-state index is 12.5. The molecule has 0 aromatic heterocycles. The summed E-state index contributed by atoms with van der Waals surface area (Å²) in [6.07, 6.45) is 1.53. The number of halogens is 1. The minimum Gasteiger partial charge on any atom is -0.305 e. The van der Waals surface area contributed by atoms with Gasteiger partial charge in [-0.15, -0.1) is 0 Å². The smallest absolute Gasteiger partial charge is 0.305 e. The molecule has 102 valence electrons. The number of nitriles is 1. The van der Waals surface area contributed by atoms with E-state index in [0.29, 0.717) is 0 Å². The summed E-state index contributed by atoms with van der Waals surface area (Å²) in [5.74, 6) is 0. The van der Waals surface area contributed by atoms with E-state index in [1.54, 1.807) is 13.8 Å². The Morgan fingerprint density at radius 2 is 1.84 bits per heavy atom. The van der Waals surface area contributed by atoms with Crippen LogP contribution in [0.15, 0.2) is 34.1 Å². The van der Waals surface area contributed by atoms with E-state index in [2.05, 4.69) is 15.9 Å². The zero-order valence-electron chi connectivity index (χ0n) is 10.8. The van der Waals surface area contributed by atoms with Crippen molar-refractivity contribution < 1.29 is 13.6 Å². The van der Waals surface area contributed by atoms with Gasteiger partial charge in [-0.3, -0.25) is 4.57 Å². The molecule has 1 aromatic carbocycles. The molecule has 0 unspecified atom stereocenters. The zero-order chi connectivity index (χ0) is 14.3. The van der Waals surface area contributed by atoms with Crippen LogP contribution in [0.4, 0.5) is 0 Å². The van der Waals surface area contributed by atoms with Gasteiger partial charge in [0.15, 0.2) is 0 Å². The van der Waals surface area contributed by atoms with Crippen LogP contribution in [-0.2, 0) is 13.6 Å². The average molecular weight is 344 g/mol. The molecule has 0 atom stereocenters. The van der Waals surface area contributed by atoms with E-state index < -0.39 is 7.60 Å². The number of allylic oxidation sites excluding steroid dienone is 1. The molecule has 0 aliphatic heterocycles. The van der Waals surface area contributed by atoms with Gasteiger partial charge in [-0.2, -0.15) is 5.26 Å². The summed E-state index contributed by atoms with van der Waals surface area (Å²) in [7, 11) is -3.52. The summed E-state index contributed by atoms with van der Waals surface area (Å²) in [6.45, 7) is 3.86. The van der Waals surface area contributed by atoms with Crippen molar-refractivity contribution in [3.8, 4) is 6.07 Å². The summed E-state index contributed by atoms with van der Waals surface area (Å²) in [5, 5.41) is 9.18. The first-order valence-electron chi connectivity index (χ1n) is 5.82. The minimum absolute atomic E-state index is 0.0125. The molecule has 0 saturated carbocycles. The summed E-state index contributed by atoms with van der Waals surface area (Å²) >= 11 is 3.33. The van der Waals surface area contributed by atoms with Crippen molar-refractivity contribution >= 4 is 29.6 Å². The van der Waals surface area contributed by atoms with Gasteiger partial charge in [-0.25, -0.2) is 0 Å². The number of rotatable bonds is 6. The Kier molecular flexibility index (Phi) is 6.47. The lowest BCUT2D eigenvalue weighted by Crippen LogP contribution is -1.97. The molecule has 0 bridgehead atoms. The number of benzene rings is 1. The Balaban J connectivity index is 3.14. The highest BCUT2D eigenvalue weighted by atomic mass is 79.9. The fraction of sp³-hybridized carbons (Fsp3) is 0.308. The SMILES string of the molecule is CCOP(=O)(OCC)/C(C#N)=C/c1ccc(Br)cc1. The lowest BCUT2D eigenvalue weighted by atomic mass is 10.2. The Morgan fingerprint density at radius 3 is 2.26 bits per heavy atom. The van der Waals surface area contributed by atoms with Crippen LogP contribution in [0.1, 0.15) is 19.4 Å². The first-order valence-corrected chi connectivity index (χ1v) is 8.16. The van der Waals surface area contributed by atoms with Crippen LogP contribution in [0.2, 0.25) is 0 Å². The molecule has 0 aliphatic carbocycles. The molecule has 6 heteroatoms. The third-order valence-corrected chi connectivity index (χ3v) is 4.73. The Hall–Kier alpha value is -0.920. The molecule has 0 radical (unpaired) electrons. The monoisotopic (exact) mass is 343 g/mol. The molecular formula is C13H15BrNO3P. The molecule has 0 fully saturated rings. The van der Waals surface area contributed by atoms with Crippen LogP contribution >= 0.6 is 23.5 Å². The second-order valence-corrected chi connectivity index (χ2v) is 6.43. The van der Waals surface area contributed by atoms with Gasteiger partial charge in [0.1, 0.15) is 11.4 Å². The van der Waals surface area contributed by atoms with Gasteiger partial charge in [-0.05, 0) is 37.6 Å². The molecule has 1 rings (SSSR count). The molecule has 0 amide bonds. The van der Waals surface area contributed by atoms with Crippen LogP contribution in [0, 0.1) is 11.3 Å². The predicted octanol–water partition coefficient (Wildman–Crippen LogP) is 4.58. The van der Waals surface area contributed by atoms with E-state index in [1.807, 2.05) is 30.3 Å². The highest BCUT2D eigenvalue weighted by molar-refractivity contribution is 9.10. The third kappa shape index (κ3) is 4.59. The highest BCUT2D eigenvalue weighted by Crippen LogP contribution is 2.56. The first-order chi connectivity index (χ1) is 9.05. The van der Waals surface area contributed by atoms with Crippen molar-refractivity contribution in [2.75, 3.05) is 13.2 Å². The Bertz CT molecular complexity index is 524. The summed E-state index contributed by atoms with van der Waals surface area (Å²) in [4.78, 5) is 0. The van der Waals surface area contributed by atoms with E-state index >= 15 is 0 Å². The fourth-order valence-corrected chi connectivity index (χ4v) is 3.13. The van der Waals surface area contributed by atoms with Crippen LogP contribution in [-0.4, -0.2) is 13.2 Å². The van der Waals surface area contributed by atoms with Gasteiger partial charge in [0.05, 0.1) is 13.2 Å². The van der Waals surface area contributed by atoms with E-state index in [9.17, 15) is 9.83 Å². The van der Waals surface area contributed by atoms with E-state index in [0.717, 1.165) is 10.0 Å². The van der Waals surface area contributed by atoms with Crippen molar-refractivity contribution in [1.29, 1.82) is 5.26 Å². The quantitative estimate of drug-likeness (QED) is 0.560. The second-order valence-electron chi connectivity index (χ2n) is 3.53. The van der Waals surface area contributed by atoms with Gasteiger partial charge in [-0.1, -0.05) is 28.1 Å². The normalized spacial score (nSPS) is 12.2. The maximum atomic E-state index is 12.5. The van der Waals surface area contributed by atoms with Crippen LogP contribution in [0.3, 0.4) is 0 Å². The fourth-order valence-electron chi connectivity index (χ4n) is 1.41. The molecule has 4 nitrogen and oxygen atoms in total. The Labute approximate surface area is 121 Å². The van der Waals surface area contributed by atoms with Crippen molar-refractivity contribution in [3.05, 3.63) is 39.6 Å². The van der Waals surface area contributed by atoms with Gasteiger partial charge in [0.25, 0.3) is 0 Å². The third-order valence-electron chi connectivity index (χ3n) is 2.18. The number of nitrogens with zero attached hydrogens (tertiary/aromatic N) is 1. The summed E-state index contributed by atoms with van der Waals surface area (Å²) in [6, 6.07) is 9.21. The molecule has 0 heterocycles. The van der Waals surface area contributed by atoms with Gasteiger partial charge >= 0.3 is 7.60 Å². The lowest BCUT2D eigenvalue weighted by molar-refractivity contribution is 0.227. The molecule has 1 aromatic rings. The average Bonchev–Trinajstić information content (AvgIpc) is 2.38. The van der Waals surface area contributed by atoms with Crippen molar-refractivity contribution in [3.63, 3.8) is 0 Å². The van der Waals surface area contributed by atoms with Crippen molar-refractivity contribution in [1.82, 2.24) is 0 Å². The maximum Gasteiger partial charge on any atom is 0.371 e. The lowest BCUT2D eigenvalue weighted by Gasteiger charge is -2.15. The number of hydrogen-bond donors (Lipinski definition) is 0. The van der Waals surface area contributed by atoms with Crippen LogP contribution < -0.4 is 0 Å². The van der Waals surface area contributed by atoms with Gasteiger partial charge in [0.2, 0.25) is 0 Å².